The highest BCUT2D eigenvalue weighted by atomic mass is 35.5. The van der Waals surface area contributed by atoms with Crippen LogP contribution in [-0.2, 0) is 9.59 Å². The zero-order valence-corrected chi connectivity index (χ0v) is 20.4. The zero-order chi connectivity index (χ0) is 25.1. The van der Waals surface area contributed by atoms with Gasteiger partial charge in [-0.15, -0.1) is 0 Å². The largest absolute Gasteiger partial charge is 0.494 e. The maximum atomic E-state index is 13.0. The van der Waals surface area contributed by atoms with Crippen LogP contribution in [0.4, 0.5) is 17.1 Å². The SMILES string of the molecule is CCOc1ccc(NC(=O)c2ccc(NC3=C(Cl)C(=O)N(c4ccc(C)c(Cl)c4)C3=O)cc2)cc1. The van der Waals surface area contributed by atoms with E-state index in [0.29, 0.717) is 34.3 Å². The smallest absolute Gasteiger partial charge is 0.283 e. The summed E-state index contributed by atoms with van der Waals surface area (Å²) in [6.07, 6.45) is 0. The van der Waals surface area contributed by atoms with Gasteiger partial charge >= 0.3 is 0 Å². The third-order valence-electron chi connectivity index (χ3n) is 5.28. The highest BCUT2D eigenvalue weighted by Crippen LogP contribution is 2.32. The number of anilines is 3. The molecule has 35 heavy (non-hydrogen) atoms. The number of halogens is 2. The summed E-state index contributed by atoms with van der Waals surface area (Å²) in [5.74, 6) is -0.826. The van der Waals surface area contributed by atoms with Gasteiger partial charge in [-0.05, 0) is 80.1 Å². The second kappa shape index (κ2) is 10.2. The number of nitrogens with one attached hydrogen (secondary N) is 2. The molecule has 4 rings (SSSR count). The minimum atomic E-state index is -0.648. The zero-order valence-electron chi connectivity index (χ0n) is 18.9. The molecule has 0 fully saturated rings. The van der Waals surface area contributed by atoms with E-state index in [-0.39, 0.29) is 16.6 Å². The van der Waals surface area contributed by atoms with Crippen LogP contribution in [0.15, 0.2) is 77.5 Å². The van der Waals surface area contributed by atoms with Gasteiger partial charge in [0.1, 0.15) is 16.5 Å². The van der Waals surface area contributed by atoms with Gasteiger partial charge in [0.05, 0.1) is 12.3 Å². The molecule has 3 aromatic carbocycles. The Hall–Kier alpha value is -3.81. The van der Waals surface area contributed by atoms with Gasteiger partial charge in [0, 0.05) is 22.0 Å². The van der Waals surface area contributed by atoms with E-state index in [1.165, 1.54) is 6.07 Å². The molecule has 9 heteroatoms. The molecule has 1 aliphatic rings. The predicted octanol–water partition coefficient (Wildman–Crippen LogP) is 5.74. The van der Waals surface area contributed by atoms with E-state index >= 15 is 0 Å². The lowest BCUT2D eigenvalue weighted by Gasteiger charge is -2.16. The number of aryl methyl sites for hydroxylation is 1. The fourth-order valence-electron chi connectivity index (χ4n) is 3.42. The highest BCUT2D eigenvalue weighted by Gasteiger charge is 2.39. The third kappa shape index (κ3) is 5.16. The summed E-state index contributed by atoms with van der Waals surface area (Å²) < 4.78 is 5.39. The van der Waals surface area contributed by atoms with Crippen LogP contribution in [0.25, 0.3) is 0 Å². The van der Waals surface area contributed by atoms with Gasteiger partial charge in [0.25, 0.3) is 17.7 Å². The summed E-state index contributed by atoms with van der Waals surface area (Å²) in [5.41, 5.74) is 2.62. The number of nitrogens with zero attached hydrogens (tertiary/aromatic N) is 1. The van der Waals surface area contributed by atoms with Crippen LogP contribution in [0.3, 0.4) is 0 Å². The molecule has 0 radical (unpaired) electrons. The van der Waals surface area contributed by atoms with Crippen molar-refractivity contribution in [3.63, 3.8) is 0 Å². The molecule has 0 saturated carbocycles. The number of amides is 3. The number of rotatable bonds is 7. The van der Waals surface area contributed by atoms with Crippen molar-refractivity contribution in [2.75, 3.05) is 22.1 Å². The number of carbonyl (C=O) groups is 3. The van der Waals surface area contributed by atoms with Crippen molar-refractivity contribution < 1.29 is 19.1 Å². The first-order valence-electron chi connectivity index (χ1n) is 10.7. The summed E-state index contributed by atoms with van der Waals surface area (Å²) in [7, 11) is 0. The Morgan fingerprint density at radius 1 is 0.914 bits per heavy atom. The van der Waals surface area contributed by atoms with Crippen LogP contribution in [0.1, 0.15) is 22.8 Å². The lowest BCUT2D eigenvalue weighted by Crippen LogP contribution is -2.32. The third-order valence-corrected chi connectivity index (χ3v) is 6.04. The van der Waals surface area contributed by atoms with Gasteiger partial charge in [-0.2, -0.15) is 0 Å². The van der Waals surface area contributed by atoms with Crippen molar-refractivity contribution in [1.29, 1.82) is 0 Å². The normalized spacial score (nSPS) is 13.3. The Morgan fingerprint density at radius 2 is 1.57 bits per heavy atom. The molecular weight excluding hydrogens is 489 g/mol. The molecule has 0 saturated heterocycles. The van der Waals surface area contributed by atoms with Crippen LogP contribution in [-0.4, -0.2) is 24.3 Å². The van der Waals surface area contributed by atoms with E-state index in [1.54, 1.807) is 60.7 Å². The van der Waals surface area contributed by atoms with Crippen molar-refractivity contribution in [1.82, 2.24) is 0 Å². The molecule has 0 atom stereocenters. The Labute approximate surface area is 212 Å². The lowest BCUT2D eigenvalue weighted by atomic mass is 10.2. The van der Waals surface area contributed by atoms with E-state index in [4.69, 9.17) is 27.9 Å². The first-order valence-corrected chi connectivity index (χ1v) is 11.5. The van der Waals surface area contributed by atoms with Crippen molar-refractivity contribution in [3.8, 4) is 5.75 Å². The minimum absolute atomic E-state index is 0.0556. The number of hydrogen-bond acceptors (Lipinski definition) is 5. The van der Waals surface area contributed by atoms with Gasteiger partial charge in [-0.1, -0.05) is 29.3 Å². The molecular formula is C26H21Cl2N3O4. The minimum Gasteiger partial charge on any atom is -0.494 e. The summed E-state index contributed by atoms with van der Waals surface area (Å²) in [5, 5.41) is 5.90. The molecule has 3 amide bonds. The quantitative estimate of drug-likeness (QED) is 0.396. The standard InChI is InChI=1S/C26H21Cl2N3O4/c1-3-35-20-12-9-18(10-13-20)30-24(32)16-5-7-17(8-6-16)29-23-22(28)25(33)31(26(23)34)19-11-4-15(2)21(27)14-19/h4-14,29H,3H2,1-2H3,(H,30,32). The molecule has 1 heterocycles. The molecule has 7 nitrogen and oxygen atoms in total. The fourth-order valence-corrected chi connectivity index (χ4v) is 3.81. The molecule has 2 N–H and O–H groups in total. The topological polar surface area (TPSA) is 87.7 Å². The predicted molar refractivity (Wildman–Crippen MR) is 137 cm³/mol. The molecule has 1 aliphatic heterocycles. The van der Waals surface area contributed by atoms with Crippen LogP contribution >= 0.6 is 23.2 Å². The molecule has 0 spiro atoms. The second-order valence-corrected chi connectivity index (χ2v) is 8.47. The van der Waals surface area contributed by atoms with Crippen LogP contribution in [0, 0.1) is 6.92 Å². The second-order valence-electron chi connectivity index (χ2n) is 7.68. The van der Waals surface area contributed by atoms with Crippen LogP contribution < -0.4 is 20.3 Å². The Morgan fingerprint density at radius 3 is 2.20 bits per heavy atom. The fraction of sp³-hybridized carbons (Fsp3) is 0.115. The summed E-state index contributed by atoms with van der Waals surface area (Å²) >= 11 is 12.3. The molecule has 0 aliphatic carbocycles. The van der Waals surface area contributed by atoms with Gasteiger partial charge in [0.2, 0.25) is 0 Å². The average molecular weight is 510 g/mol. The van der Waals surface area contributed by atoms with Crippen molar-refractivity contribution in [2.24, 2.45) is 0 Å². The Balaban J connectivity index is 1.45. The van der Waals surface area contributed by atoms with Gasteiger partial charge in [0.15, 0.2) is 0 Å². The van der Waals surface area contributed by atoms with Crippen molar-refractivity contribution in [3.05, 3.63) is 93.6 Å². The van der Waals surface area contributed by atoms with Gasteiger partial charge in [-0.25, -0.2) is 4.90 Å². The lowest BCUT2D eigenvalue weighted by molar-refractivity contribution is -0.120. The number of ether oxygens (including phenoxy) is 1. The van der Waals surface area contributed by atoms with Crippen molar-refractivity contribution >= 4 is 58.0 Å². The van der Waals surface area contributed by atoms with E-state index in [0.717, 1.165) is 16.2 Å². The molecule has 0 aromatic heterocycles. The monoisotopic (exact) mass is 509 g/mol. The molecule has 0 unspecified atom stereocenters. The first-order chi connectivity index (χ1) is 16.8. The summed E-state index contributed by atoms with van der Waals surface area (Å²) in [6.45, 7) is 4.28. The van der Waals surface area contributed by atoms with Crippen LogP contribution in [0.5, 0.6) is 5.75 Å². The summed E-state index contributed by atoms with van der Waals surface area (Å²) in [6, 6.07) is 18.4. The van der Waals surface area contributed by atoms with E-state index in [1.807, 2.05) is 13.8 Å². The maximum Gasteiger partial charge on any atom is 0.283 e. The number of benzene rings is 3. The average Bonchev–Trinajstić information content (AvgIpc) is 3.06. The van der Waals surface area contributed by atoms with E-state index in [2.05, 4.69) is 10.6 Å². The van der Waals surface area contributed by atoms with E-state index in [9.17, 15) is 14.4 Å². The molecule has 3 aromatic rings. The maximum absolute atomic E-state index is 13.0. The number of carbonyl (C=O) groups excluding carboxylic acids is 3. The Bertz CT molecular complexity index is 1340. The van der Waals surface area contributed by atoms with Gasteiger partial charge < -0.3 is 15.4 Å². The highest BCUT2D eigenvalue weighted by molar-refractivity contribution is 6.53. The van der Waals surface area contributed by atoms with Crippen LogP contribution in [0.2, 0.25) is 5.02 Å². The van der Waals surface area contributed by atoms with Gasteiger partial charge in [-0.3, -0.25) is 14.4 Å². The molecule has 178 valence electrons. The number of imide groups is 1. The molecule has 0 bridgehead atoms. The summed E-state index contributed by atoms with van der Waals surface area (Å²) in [4.78, 5) is 39.2. The van der Waals surface area contributed by atoms with Crippen molar-refractivity contribution in [2.45, 2.75) is 13.8 Å². The Kier molecular flexibility index (Phi) is 7.10. The first kappa shape index (κ1) is 24.3. The van der Waals surface area contributed by atoms with E-state index < -0.39 is 11.8 Å². The number of hydrogen-bond donors (Lipinski definition) is 2.